The number of likely N-dealkylation sites (N-methyl/N-ethyl adjacent to an activating group) is 1. The first-order valence-electron chi connectivity index (χ1n) is 4.92. The van der Waals surface area contributed by atoms with E-state index in [9.17, 15) is 0 Å². The van der Waals surface area contributed by atoms with E-state index in [1.807, 2.05) is 19.2 Å². The largest absolute Gasteiger partial charge is 0.453 e. The Morgan fingerprint density at radius 1 is 1.47 bits per heavy atom. The number of ether oxygens (including phenoxy) is 1. The molecule has 0 saturated carbocycles. The molecule has 0 aliphatic heterocycles. The van der Waals surface area contributed by atoms with E-state index in [0.29, 0.717) is 6.08 Å². The summed E-state index contributed by atoms with van der Waals surface area (Å²) in [6, 6.07) is 5.92. The minimum Gasteiger partial charge on any atom is -0.453 e. The van der Waals surface area contributed by atoms with E-state index < -0.39 is 0 Å². The Morgan fingerprint density at radius 2 is 2.33 bits per heavy atom. The maximum absolute atomic E-state index is 5.38. The van der Waals surface area contributed by atoms with Crippen LogP contribution in [0.25, 0.3) is 11.1 Å². The molecule has 1 heterocycles. The first-order chi connectivity index (χ1) is 7.35. The van der Waals surface area contributed by atoms with E-state index >= 15 is 0 Å². The molecule has 80 valence electrons. The summed E-state index contributed by atoms with van der Waals surface area (Å²) in [6.45, 7) is 0.925. The predicted molar refractivity (Wildman–Crippen MR) is 58.2 cm³/mol. The highest BCUT2D eigenvalue weighted by molar-refractivity contribution is 5.77. The van der Waals surface area contributed by atoms with Gasteiger partial charge in [-0.05, 0) is 31.6 Å². The lowest BCUT2D eigenvalue weighted by atomic mass is 10.1. The highest BCUT2D eigenvalue weighted by Gasteiger charge is 2.08. The third kappa shape index (κ3) is 1.94. The average Bonchev–Trinajstić information content (AvgIpc) is 2.69. The van der Waals surface area contributed by atoms with Crippen LogP contribution in [0.2, 0.25) is 0 Å². The van der Waals surface area contributed by atoms with Gasteiger partial charge in [-0.15, -0.1) is 0 Å². The van der Waals surface area contributed by atoms with Crippen LogP contribution in [-0.2, 0) is 6.42 Å². The van der Waals surface area contributed by atoms with E-state index in [-0.39, 0.29) is 0 Å². The zero-order valence-corrected chi connectivity index (χ0v) is 8.91. The maximum Gasteiger partial charge on any atom is 0.394 e. The number of benzene rings is 1. The molecular formula is C11H14N2O2. The molecule has 2 aromatic rings. The number of hydrogen-bond acceptors (Lipinski definition) is 4. The van der Waals surface area contributed by atoms with Gasteiger partial charge in [0, 0.05) is 0 Å². The van der Waals surface area contributed by atoms with Gasteiger partial charge >= 0.3 is 6.08 Å². The quantitative estimate of drug-likeness (QED) is 0.825. The van der Waals surface area contributed by atoms with Crippen LogP contribution in [0.3, 0.4) is 0 Å². The first-order valence-corrected chi connectivity index (χ1v) is 4.92. The van der Waals surface area contributed by atoms with Crippen molar-refractivity contribution in [1.82, 2.24) is 10.3 Å². The summed E-state index contributed by atoms with van der Waals surface area (Å²) in [5.74, 6) is 0. The Labute approximate surface area is 88.3 Å². The number of oxazole rings is 1. The van der Waals surface area contributed by atoms with E-state index in [1.165, 1.54) is 5.56 Å². The van der Waals surface area contributed by atoms with Gasteiger partial charge in [-0.2, -0.15) is 4.98 Å². The molecule has 1 aromatic heterocycles. The van der Waals surface area contributed by atoms with Crippen LogP contribution in [0.4, 0.5) is 0 Å². The Balaban J connectivity index is 2.40. The molecule has 0 spiro atoms. The van der Waals surface area contributed by atoms with Gasteiger partial charge in [-0.1, -0.05) is 12.1 Å². The van der Waals surface area contributed by atoms with Gasteiger partial charge in [0.25, 0.3) is 0 Å². The van der Waals surface area contributed by atoms with E-state index in [2.05, 4.69) is 16.4 Å². The Hall–Kier alpha value is -1.55. The van der Waals surface area contributed by atoms with Crippen LogP contribution in [0, 0.1) is 0 Å². The van der Waals surface area contributed by atoms with Gasteiger partial charge in [-0.3, -0.25) is 0 Å². The van der Waals surface area contributed by atoms with E-state index in [1.54, 1.807) is 7.11 Å². The monoisotopic (exact) mass is 206 g/mol. The number of para-hydroxylation sites is 1. The fourth-order valence-electron chi connectivity index (χ4n) is 1.53. The molecule has 1 aromatic carbocycles. The van der Waals surface area contributed by atoms with Crippen molar-refractivity contribution in [3.8, 4) is 6.08 Å². The molecule has 0 radical (unpaired) electrons. The lowest BCUT2D eigenvalue weighted by Crippen LogP contribution is -2.10. The van der Waals surface area contributed by atoms with Crippen molar-refractivity contribution in [3.63, 3.8) is 0 Å². The molecule has 0 bridgehead atoms. The third-order valence-electron chi connectivity index (χ3n) is 2.30. The van der Waals surface area contributed by atoms with Crippen LogP contribution in [0.5, 0.6) is 6.08 Å². The minimum absolute atomic E-state index is 0.321. The molecule has 0 atom stereocenters. The Bertz CT molecular complexity index is 451. The lowest BCUT2D eigenvalue weighted by molar-refractivity contribution is 0.299. The summed E-state index contributed by atoms with van der Waals surface area (Å²) in [7, 11) is 3.49. The molecule has 0 fully saturated rings. The number of nitrogens with one attached hydrogen (secondary N) is 1. The Kier molecular flexibility index (Phi) is 2.87. The molecule has 0 unspecified atom stereocenters. The van der Waals surface area contributed by atoms with Gasteiger partial charge in [0.05, 0.1) is 7.11 Å². The molecule has 0 saturated heterocycles. The number of fused-ring (bicyclic) bond motifs is 1. The topological polar surface area (TPSA) is 47.3 Å². The summed E-state index contributed by atoms with van der Waals surface area (Å²) in [6.07, 6.45) is 1.26. The maximum atomic E-state index is 5.38. The summed E-state index contributed by atoms with van der Waals surface area (Å²) in [5.41, 5.74) is 2.85. The van der Waals surface area contributed by atoms with Crippen LogP contribution in [-0.4, -0.2) is 25.7 Å². The van der Waals surface area contributed by atoms with Crippen LogP contribution in [0.1, 0.15) is 5.56 Å². The summed E-state index contributed by atoms with van der Waals surface area (Å²) in [5, 5.41) is 3.11. The van der Waals surface area contributed by atoms with Gasteiger partial charge < -0.3 is 14.5 Å². The molecular weight excluding hydrogens is 192 g/mol. The summed E-state index contributed by atoms with van der Waals surface area (Å²) < 4.78 is 10.3. The summed E-state index contributed by atoms with van der Waals surface area (Å²) in [4.78, 5) is 4.27. The minimum atomic E-state index is 0.321. The SMILES string of the molecule is CNCCc1cccc2oc(OC)nc12. The molecule has 1 N–H and O–H groups in total. The second-order valence-corrected chi connectivity index (χ2v) is 3.30. The van der Waals surface area contributed by atoms with E-state index in [0.717, 1.165) is 24.1 Å². The number of methoxy groups -OCH3 is 1. The van der Waals surface area contributed by atoms with Crippen LogP contribution < -0.4 is 10.1 Å². The number of nitrogens with zero attached hydrogens (tertiary/aromatic N) is 1. The van der Waals surface area contributed by atoms with Gasteiger partial charge in [0.15, 0.2) is 5.58 Å². The second kappa shape index (κ2) is 4.31. The van der Waals surface area contributed by atoms with Crippen molar-refractivity contribution in [2.45, 2.75) is 6.42 Å². The fraction of sp³-hybridized carbons (Fsp3) is 0.364. The van der Waals surface area contributed by atoms with Gasteiger partial charge in [0.1, 0.15) is 5.52 Å². The Morgan fingerprint density at radius 3 is 3.07 bits per heavy atom. The highest BCUT2D eigenvalue weighted by Crippen LogP contribution is 2.23. The normalized spacial score (nSPS) is 10.8. The molecule has 4 heteroatoms. The van der Waals surface area contributed by atoms with Crippen LogP contribution >= 0.6 is 0 Å². The number of hydrogen-bond donors (Lipinski definition) is 1. The smallest absolute Gasteiger partial charge is 0.394 e. The van der Waals surface area contributed by atoms with Crippen molar-refractivity contribution < 1.29 is 9.15 Å². The molecule has 2 rings (SSSR count). The van der Waals surface area contributed by atoms with E-state index in [4.69, 9.17) is 9.15 Å². The first kappa shape index (κ1) is 9.98. The second-order valence-electron chi connectivity index (χ2n) is 3.30. The van der Waals surface area contributed by atoms with Crippen molar-refractivity contribution in [2.75, 3.05) is 20.7 Å². The summed E-state index contributed by atoms with van der Waals surface area (Å²) >= 11 is 0. The van der Waals surface area contributed by atoms with Gasteiger partial charge in [0.2, 0.25) is 0 Å². The molecule has 0 aliphatic carbocycles. The number of rotatable bonds is 4. The molecule has 0 aliphatic rings. The van der Waals surface area contributed by atoms with Crippen molar-refractivity contribution in [1.29, 1.82) is 0 Å². The molecule has 15 heavy (non-hydrogen) atoms. The number of aromatic nitrogens is 1. The third-order valence-corrected chi connectivity index (χ3v) is 2.30. The average molecular weight is 206 g/mol. The van der Waals surface area contributed by atoms with Crippen molar-refractivity contribution in [3.05, 3.63) is 23.8 Å². The highest BCUT2D eigenvalue weighted by atomic mass is 16.6. The zero-order valence-electron chi connectivity index (χ0n) is 8.91. The fourth-order valence-corrected chi connectivity index (χ4v) is 1.53. The zero-order chi connectivity index (χ0) is 10.7. The predicted octanol–water partition coefficient (Wildman–Crippen LogP) is 1.60. The molecule has 0 amide bonds. The molecule has 4 nitrogen and oxygen atoms in total. The van der Waals surface area contributed by atoms with Gasteiger partial charge in [-0.25, -0.2) is 0 Å². The lowest BCUT2D eigenvalue weighted by Gasteiger charge is -1.99. The standard InChI is InChI=1S/C11H14N2O2/c1-12-7-6-8-4-3-5-9-10(8)13-11(14-2)15-9/h3-5,12H,6-7H2,1-2H3. The van der Waals surface area contributed by atoms with Crippen LogP contribution in [0.15, 0.2) is 22.6 Å². The van der Waals surface area contributed by atoms with Crippen molar-refractivity contribution >= 4 is 11.1 Å². The van der Waals surface area contributed by atoms with Crippen molar-refractivity contribution in [2.24, 2.45) is 0 Å².